The summed E-state index contributed by atoms with van der Waals surface area (Å²) in [6, 6.07) is 5.42. The number of methoxy groups -OCH3 is 1. The van der Waals surface area contributed by atoms with Crippen LogP contribution in [0.1, 0.15) is 31.4 Å². The van der Waals surface area contributed by atoms with E-state index in [0.717, 1.165) is 11.1 Å². The number of ether oxygens (including phenoxy) is 1. The average Bonchev–Trinajstić information content (AvgIpc) is 2.57. The van der Waals surface area contributed by atoms with Crippen LogP contribution >= 0.6 is 0 Å². The molecule has 0 radical (unpaired) electrons. The van der Waals surface area contributed by atoms with Crippen molar-refractivity contribution in [1.82, 2.24) is 0 Å². The second-order valence-corrected chi connectivity index (χ2v) is 5.11. The van der Waals surface area contributed by atoms with Gasteiger partial charge in [0, 0.05) is 16.9 Å². The SMILES string of the molecule is COc1ccc2c(c1)C(C)(CC(=O)O)C(C)C2=NO. The summed E-state index contributed by atoms with van der Waals surface area (Å²) in [6.45, 7) is 3.76. The summed E-state index contributed by atoms with van der Waals surface area (Å²) in [4.78, 5) is 11.1. The molecule has 2 N–H and O–H groups in total. The van der Waals surface area contributed by atoms with Gasteiger partial charge in [0.25, 0.3) is 0 Å². The molecule has 0 heterocycles. The van der Waals surface area contributed by atoms with Crippen LogP contribution in [0.4, 0.5) is 0 Å². The van der Waals surface area contributed by atoms with Crippen molar-refractivity contribution in [2.75, 3.05) is 7.11 Å². The molecule has 0 saturated carbocycles. The highest BCUT2D eigenvalue weighted by Crippen LogP contribution is 2.46. The normalized spacial score (nSPS) is 27.3. The van der Waals surface area contributed by atoms with E-state index in [1.54, 1.807) is 13.2 Å². The lowest BCUT2D eigenvalue weighted by molar-refractivity contribution is -0.138. The Morgan fingerprint density at radius 2 is 2.21 bits per heavy atom. The van der Waals surface area contributed by atoms with Gasteiger partial charge in [0.2, 0.25) is 0 Å². The van der Waals surface area contributed by atoms with Gasteiger partial charge in [-0.2, -0.15) is 0 Å². The summed E-state index contributed by atoms with van der Waals surface area (Å²) >= 11 is 0. The number of benzene rings is 1. The third-order valence-electron chi connectivity index (χ3n) is 4.11. The van der Waals surface area contributed by atoms with Gasteiger partial charge in [-0.15, -0.1) is 0 Å². The molecule has 2 rings (SSSR count). The zero-order valence-corrected chi connectivity index (χ0v) is 11.2. The summed E-state index contributed by atoms with van der Waals surface area (Å²) in [5, 5.41) is 21.7. The van der Waals surface area contributed by atoms with Crippen LogP contribution in [0.25, 0.3) is 0 Å². The van der Waals surface area contributed by atoms with Crippen LogP contribution in [-0.2, 0) is 10.2 Å². The molecule has 0 spiro atoms. The van der Waals surface area contributed by atoms with Crippen LogP contribution in [0, 0.1) is 5.92 Å². The molecule has 1 aliphatic carbocycles. The van der Waals surface area contributed by atoms with Crippen molar-refractivity contribution >= 4 is 11.7 Å². The van der Waals surface area contributed by atoms with E-state index < -0.39 is 11.4 Å². The lowest BCUT2D eigenvalue weighted by atomic mass is 9.74. The number of aliphatic carboxylic acids is 1. The summed E-state index contributed by atoms with van der Waals surface area (Å²) in [5.41, 5.74) is 1.58. The van der Waals surface area contributed by atoms with Crippen molar-refractivity contribution < 1.29 is 19.8 Å². The second kappa shape index (κ2) is 4.57. The van der Waals surface area contributed by atoms with Crippen LogP contribution in [-0.4, -0.2) is 29.1 Å². The predicted octanol–water partition coefficient (Wildman–Crippen LogP) is 2.26. The minimum atomic E-state index is -0.873. The van der Waals surface area contributed by atoms with E-state index in [0.29, 0.717) is 11.5 Å². The average molecular weight is 263 g/mol. The summed E-state index contributed by atoms with van der Waals surface area (Å²) < 4.78 is 5.19. The molecule has 2 atom stereocenters. The van der Waals surface area contributed by atoms with Crippen LogP contribution in [0.3, 0.4) is 0 Å². The smallest absolute Gasteiger partial charge is 0.304 e. The lowest BCUT2D eigenvalue weighted by Crippen LogP contribution is -2.31. The van der Waals surface area contributed by atoms with Gasteiger partial charge >= 0.3 is 5.97 Å². The highest BCUT2D eigenvalue weighted by Gasteiger charge is 2.46. The zero-order valence-electron chi connectivity index (χ0n) is 11.2. The molecule has 5 nitrogen and oxygen atoms in total. The molecule has 19 heavy (non-hydrogen) atoms. The molecule has 0 amide bonds. The minimum Gasteiger partial charge on any atom is -0.497 e. The highest BCUT2D eigenvalue weighted by molar-refractivity contribution is 6.08. The van der Waals surface area contributed by atoms with E-state index in [1.165, 1.54) is 0 Å². The Bertz CT molecular complexity index is 552. The Kier molecular flexibility index (Phi) is 3.22. The Balaban J connectivity index is 2.63. The summed E-state index contributed by atoms with van der Waals surface area (Å²) in [7, 11) is 1.57. The van der Waals surface area contributed by atoms with E-state index in [9.17, 15) is 10.0 Å². The third kappa shape index (κ3) is 1.95. The lowest BCUT2D eigenvalue weighted by Gasteiger charge is -2.28. The molecule has 0 aromatic heterocycles. The van der Waals surface area contributed by atoms with Crippen molar-refractivity contribution in [2.45, 2.75) is 25.7 Å². The maximum Gasteiger partial charge on any atom is 0.304 e. The molecule has 102 valence electrons. The monoisotopic (exact) mass is 263 g/mol. The number of oxime groups is 1. The van der Waals surface area contributed by atoms with Crippen molar-refractivity contribution in [3.63, 3.8) is 0 Å². The maximum absolute atomic E-state index is 11.1. The predicted molar refractivity (Wildman–Crippen MR) is 70.1 cm³/mol. The van der Waals surface area contributed by atoms with Crippen LogP contribution in [0.5, 0.6) is 5.75 Å². The van der Waals surface area contributed by atoms with Crippen molar-refractivity contribution in [2.24, 2.45) is 11.1 Å². The molecule has 0 saturated heterocycles. The molecule has 5 heteroatoms. The fraction of sp³-hybridized carbons (Fsp3) is 0.429. The van der Waals surface area contributed by atoms with E-state index in [1.807, 2.05) is 26.0 Å². The molecule has 0 bridgehead atoms. The van der Waals surface area contributed by atoms with Crippen molar-refractivity contribution in [3.05, 3.63) is 29.3 Å². The molecular formula is C14H17NO4. The van der Waals surface area contributed by atoms with E-state index >= 15 is 0 Å². The number of hydrogen-bond donors (Lipinski definition) is 2. The molecule has 0 fully saturated rings. The van der Waals surface area contributed by atoms with Crippen LogP contribution < -0.4 is 4.74 Å². The van der Waals surface area contributed by atoms with Gasteiger partial charge in [-0.1, -0.05) is 19.0 Å². The van der Waals surface area contributed by atoms with Gasteiger partial charge in [-0.3, -0.25) is 4.79 Å². The van der Waals surface area contributed by atoms with Crippen molar-refractivity contribution in [1.29, 1.82) is 0 Å². The number of carboxylic acid groups (broad SMARTS) is 1. The van der Waals surface area contributed by atoms with Gasteiger partial charge in [0.15, 0.2) is 0 Å². The highest BCUT2D eigenvalue weighted by atomic mass is 16.5. The first kappa shape index (κ1) is 13.4. The van der Waals surface area contributed by atoms with Crippen molar-refractivity contribution in [3.8, 4) is 5.75 Å². The van der Waals surface area contributed by atoms with Gasteiger partial charge in [-0.05, 0) is 23.8 Å². The molecular weight excluding hydrogens is 246 g/mol. The topological polar surface area (TPSA) is 79.1 Å². The number of nitrogens with zero attached hydrogens (tertiary/aromatic N) is 1. The molecule has 1 aromatic carbocycles. The first-order valence-electron chi connectivity index (χ1n) is 6.06. The summed E-state index contributed by atoms with van der Waals surface area (Å²) in [5.74, 6) is -0.375. The fourth-order valence-electron chi connectivity index (χ4n) is 2.82. The Morgan fingerprint density at radius 1 is 1.53 bits per heavy atom. The van der Waals surface area contributed by atoms with Gasteiger partial charge in [0.1, 0.15) is 5.75 Å². The van der Waals surface area contributed by atoms with E-state index in [2.05, 4.69) is 5.16 Å². The Hall–Kier alpha value is -2.04. The number of rotatable bonds is 3. The number of carbonyl (C=O) groups is 1. The largest absolute Gasteiger partial charge is 0.497 e. The number of carboxylic acids is 1. The molecule has 0 aliphatic heterocycles. The Labute approximate surface area is 111 Å². The van der Waals surface area contributed by atoms with Gasteiger partial charge in [0.05, 0.1) is 19.2 Å². The number of hydrogen-bond acceptors (Lipinski definition) is 4. The van der Waals surface area contributed by atoms with Gasteiger partial charge < -0.3 is 15.1 Å². The quantitative estimate of drug-likeness (QED) is 0.647. The molecule has 1 aliphatic rings. The molecule has 1 aromatic rings. The van der Waals surface area contributed by atoms with Crippen LogP contribution in [0.15, 0.2) is 23.4 Å². The third-order valence-corrected chi connectivity index (χ3v) is 4.11. The summed E-state index contributed by atoms with van der Waals surface area (Å²) in [6.07, 6.45) is -0.0205. The van der Waals surface area contributed by atoms with E-state index in [4.69, 9.17) is 9.84 Å². The maximum atomic E-state index is 11.1. The standard InChI is InChI=1S/C14H17NO4/c1-8-13(15-18)10-5-4-9(19-3)6-11(10)14(8,2)7-12(16)17/h4-6,8,18H,7H2,1-3H3,(H,16,17). The minimum absolute atomic E-state index is 0.0205. The number of fused-ring (bicyclic) bond motifs is 1. The zero-order chi connectivity index (χ0) is 14.2. The first-order valence-corrected chi connectivity index (χ1v) is 6.06. The Morgan fingerprint density at radius 3 is 2.74 bits per heavy atom. The molecule has 2 unspecified atom stereocenters. The van der Waals surface area contributed by atoms with Crippen LogP contribution in [0.2, 0.25) is 0 Å². The second-order valence-electron chi connectivity index (χ2n) is 5.11. The van der Waals surface area contributed by atoms with E-state index in [-0.39, 0.29) is 12.3 Å². The van der Waals surface area contributed by atoms with Gasteiger partial charge in [-0.25, -0.2) is 0 Å². The fourth-order valence-corrected chi connectivity index (χ4v) is 2.82. The first-order chi connectivity index (χ1) is 8.93.